The van der Waals surface area contributed by atoms with Crippen LogP contribution in [0.3, 0.4) is 0 Å². The second kappa shape index (κ2) is 10.3. The number of rotatable bonds is 8. The second-order valence-corrected chi connectivity index (χ2v) is 7.58. The number of urea groups is 1. The molecule has 2 heterocycles. The summed E-state index contributed by atoms with van der Waals surface area (Å²) >= 11 is 6.32. The molecule has 32 heavy (non-hydrogen) atoms. The van der Waals surface area contributed by atoms with Crippen molar-refractivity contribution in [3.63, 3.8) is 0 Å². The molecule has 0 spiro atoms. The Bertz CT molecular complexity index is 1130. The molecule has 2 N–H and O–H groups in total. The number of hydrogen-bond donors (Lipinski definition) is 2. The third kappa shape index (κ3) is 5.45. The lowest BCUT2D eigenvalue weighted by Crippen LogP contribution is -2.34. The van der Waals surface area contributed by atoms with Crippen LogP contribution in [0.25, 0.3) is 5.52 Å². The molecule has 3 rings (SSSR count). The van der Waals surface area contributed by atoms with Gasteiger partial charge in [0, 0.05) is 25.4 Å². The highest BCUT2D eigenvalue weighted by Gasteiger charge is 2.20. The fourth-order valence-corrected chi connectivity index (χ4v) is 3.17. The van der Waals surface area contributed by atoms with E-state index < -0.39 is 5.97 Å². The largest absolute Gasteiger partial charge is 0.462 e. The van der Waals surface area contributed by atoms with Crippen LogP contribution in [0, 0.1) is 6.92 Å². The maximum absolute atomic E-state index is 12.2. The first-order valence-corrected chi connectivity index (χ1v) is 10.3. The maximum atomic E-state index is 12.2. The summed E-state index contributed by atoms with van der Waals surface area (Å²) in [4.78, 5) is 30.4. The van der Waals surface area contributed by atoms with Crippen LogP contribution in [0.15, 0.2) is 30.7 Å². The van der Waals surface area contributed by atoms with Crippen molar-refractivity contribution >= 4 is 34.8 Å². The maximum Gasteiger partial charge on any atom is 0.340 e. The van der Waals surface area contributed by atoms with Crippen molar-refractivity contribution < 1.29 is 19.1 Å². The lowest BCUT2D eigenvalue weighted by Gasteiger charge is -2.13. The number of aromatic nitrogens is 3. The van der Waals surface area contributed by atoms with Crippen LogP contribution in [-0.2, 0) is 4.74 Å². The minimum absolute atomic E-state index is 0.256. The molecule has 0 aliphatic rings. The smallest absolute Gasteiger partial charge is 0.340 e. The molecule has 1 aromatic carbocycles. The zero-order chi connectivity index (χ0) is 23.3. The number of nitrogens with zero attached hydrogens (tertiary/aromatic N) is 4. The van der Waals surface area contributed by atoms with Gasteiger partial charge in [-0.1, -0.05) is 11.6 Å². The number of ether oxygens (including phenoxy) is 2. The number of benzene rings is 1. The first-order valence-electron chi connectivity index (χ1n) is 9.97. The molecule has 2 amide bonds. The van der Waals surface area contributed by atoms with E-state index in [0.29, 0.717) is 39.6 Å². The molecule has 0 radical (unpaired) electrons. The van der Waals surface area contributed by atoms with E-state index in [0.717, 1.165) is 6.54 Å². The number of carbonyl (C=O) groups excluding carboxylic acids is 2. The van der Waals surface area contributed by atoms with Crippen LogP contribution < -0.4 is 15.4 Å². The quantitative estimate of drug-likeness (QED) is 0.496. The molecule has 0 atom stereocenters. The standard InChI is InChI=1S/C21H25ClN6O4/c1-5-31-20(29)15-11-28-18(13(15)2)19(24-12-25-28)32-14-6-7-17(16(22)10-14)26-21(30)23-8-9-27(3)4/h6-7,10-12H,5,8-9H2,1-4H3,(H2,23,26,30). The van der Waals surface area contributed by atoms with Gasteiger partial charge in [-0.3, -0.25) is 0 Å². The van der Waals surface area contributed by atoms with Gasteiger partial charge in [0.25, 0.3) is 0 Å². The van der Waals surface area contributed by atoms with Gasteiger partial charge >= 0.3 is 12.0 Å². The molecule has 170 valence electrons. The molecule has 10 nitrogen and oxygen atoms in total. The summed E-state index contributed by atoms with van der Waals surface area (Å²) in [6.07, 6.45) is 2.90. The summed E-state index contributed by atoms with van der Waals surface area (Å²) in [7, 11) is 3.85. The van der Waals surface area contributed by atoms with Crippen LogP contribution in [-0.4, -0.2) is 65.3 Å². The van der Waals surface area contributed by atoms with Crippen molar-refractivity contribution in [1.82, 2.24) is 24.8 Å². The Morgan fingerprint density at radius 2 is 2.06 bits per heavy atom. The number of aryl methyl sites for hydroxylation is 1. The van der Waals surface area contributed by atoms with Crippen molar-refractivity contribution in [3.05, 3.63) is 46.9 Å². The number of amides is 2. The number of fused-ring (bicyclic) bond motifs is 1. The Morgan fingerprint density at radius 3 is 2.75 bits per heavy atom. The van der Waals surface area contributed by atoms with Gasteiger partial charge in [-0.15, -0.1) is 0 Å². The summed E-state index contributed by atoms with van der Waals surface area (Å²) in [5.41, 5.74) is 2.00. The summed E-state index contributed by atoms with van der Waals surface area (Å²) in [5.74, 6) is 0.225. The van der Waals surface area contributed by atoms with Gasteiger partial charge in [-0.25, -0.2) is 14.1 Å². The highest BCUT2D eigenvalue weighted by molar-refractivity contribution is 6.33. The zero-order valence-electron chi connectivity index (χ0n) is 18.3. The molecular weight excluding hydrogens is 436 g/mol. The van der Waals surface area contributed by atoms with Gasteiger partial charge in [0.1, 0.15) is 17.6 Å². The normalized spacial score (nSPS) is 10.9. The molecule has 0 aliphatic carbocycles. The molecule has 11 heteroatoms. The van der Waals surface area contributed by atoms with E-state index >= 15 is 0 Å². The third-order valence-corrected chi connectivity index (χ3v) is 4.85. The molecule has 0 bridgehead atoms. The van der Waals surface area contributed by atoms with E-state index in [1.165, 1.54) is 10.8 Å². The predicted molar refractivity (Wildman–Crippen MR) is 121 cm³/mol. The Labute approximate surface area is 190 Å². The van der Waals surface area contributed by atoms with Gasteiger partial charge in [-0.2, -0.15) is 10.1 Å². The van der Waals surface area contributed by atoms with Crippen molar-refractivity contribution in [2.45, 2.75) is 13.8 Å². The zero-order valence-corrected chi connectivity index (χ0v) is 19.1. The fourth-order valence-electron chi connectivity index (χ4n) is 2.95. The highest BCUT2D eigenvalue weighted by atomic mass is 35.5. The topological polar surface area (TPSA) is 110 Å². The Hall–Kier alpha value is -3.37. The van der Waals surface area contributed by atoms with E-state index in [2.05, 4.69) is 20.7 Å². The number of carbonyl (C=O) groups is 2. The number of nitrogens with one attached hydrogen (secondary N) is 2. The Morgan fingerprint density at radius 1 is 1.28 bits per heavy atom. The van der Waals surface area contributed by atoms with Crippen LogP contribution >= 0.6 is 11.6 Å². The number of likely N-dealkylation sites (N-methyl/N-ethyl adjacent to an activating group) is 1. The summed E-state index contributed by atoms with van der Waals surface area (Å²) in [6, 6.07) is 4.51. The minimum atomic E-state index is -0.441. The van der Waals surface area contributed by atoms with Crippen molar-refractivity contribution in [2.75, 3.05) is 39.1 Å². The number of hydrogen-bond acceptors (Lipinski definition) is 7. The Balaban J connectivity index is 1.77. The van der Waals surface area contributed by atoms with Gasteiger partial charge in [0.05, 0.1) is 22.9 Å². The molecule has 0 saturated carbocycles. The van der Waals surface area contributed by atoms with Gasteiger partial charge in [0.15, 0.2) is 0 Å². The van der Waals surface area contributed by atoms with E-state index in [4.69, 9.17) is 21.1 Å². The average molecular weight is 461 g/mol. The van der Waals surface area contributed by atoms with Gasteiger partial charge in [-0.05, 0) is 45.6 Å². The lowest BCUT2D eigenvalue weighted by molar-refractivity contribution is 0.0525. The van der Waals surface area contributed by atoms with Crippen molar-refractivity contribution in [3.8, 4) is 11.6 Å². The molecule has 0 aliphatic heterocycles. The van der Waals surface area contributed by atoms with Crippen molar-refractivity contribution in [2.24, 2.45) is 0 Å². The SMILES string of the molecule is CCOC(=O)c1cn2ncnc(Oc3ccc(NC(=O)NCCN(C)C)c(Cl)c3)c2c1C. The van der Waals surface area contributed by atoms with Gasteiger partial charge < -0.3 is 25.0 Å². The molecule has 0 fully saturated rings. The van der Waals surface area contributed by atoms with E-state index in [1.54, 1.807) is 38.2 Å². The molecular formula is C21H25ClN6O4. The molecule has 2 aromatic heterocycles. The summed E-state index contributed by atoms with van der Waals surface area (Å²) in [6.45, 7) is 5.01. The second-order valence-electron chi connectivity index (χ2n) is 7.17. The van der Waals surface area contributed by atoms with Crippen LogP contribution in [0.4, 0.5) is 10.5 Å². The van der Waals surface area contributed by atoms with Crippen LogP contribution in [0.5, 0.6) is 11.6 Å². The van der Waals surface area contributed by atoms with E-state index in [1.807, 2.05) is 19.0 Å². The monoisotopic (exact) mass is 460 g/mol. The predicted octanol–water partition coefficient (Wildman–Crippen LogP) is 3.34. The third-order valence-electron chi connectivity index (χ3n) is 4.54. The molecule has 0 saturated heterocycles. The van der Waals surface area contributed by atoms with Gasteiger partial charge in [0.2, 0.25) is 5.88 Å². The number of esters is 1. The highest BCUT2D eigenvalue weighted by Crippen LogP contribution is 2.32. The first-order chi connectivity index (χ1) is 15.3. The summed E-state index contributed by atoms with van der Waals surface area (Å²) in [5, 5.41) is 9.90. The van der Waals surface area contributed by atoms with E-state index in [-0.39, 0.29) is 18.5 Å². The first kappa shape index (κ1) is 23.3. The van der Waals surface area contributed by atoms with Crippen molar-refractivity contribution in [1.29, 1.82) is 0 Å². The fraction of sp³-hybridized carbons (Fsp3) is 0.333. The van der Waals surface area contributed by atoms with Crippen LogP contribution in [0.1, 0.15) is 22.8 Å². The number of halogens is 1. The lowest BCUT2D eigenvalue weighted by atomic mass is 10.2. The molecule has 0 unspecified atom stereocenters. The van der Waals surface area contributed by atoms with Crippen LogP contribution in [0.2, 0.25) is 5.02 Å². The number of anilines is 1. The Kier molecular flexibility index (Phi) is 7.49. The average Bonchev–Trinajstić information content (AvgIpc) is 3.08. The summed E-state index contributed by atoms with van der Waals surface area (Å²) < 4.78 is 12.5. The van der Waals surface area contributed by atoms with E-state index in [9.17, 15) is 9.59 Å². The minimum Gasteiger partial charge on any atom is -0.462 e. The molecule has 3 aromatic rings.